The SMILES string of the molecule is COc1ccccc1NC(=S)NC(=O)CCCOc1ccc(C(C)(C)C)cc1. The molecule has 0 aromatic heterocycles. The molecule has 5 nitrogen and oxygen atoms in total. The highest BCUT2D eigenvalue weighted by Crippen LogP contribution is 2.24. The van der Waals surface area contributed by atoms with Crippen molar-refractivity contribution in [3.05, 3.63) is 54.1 Å². The Balaban J connectivity index is 1.70. The largest absolute Gasteiger partial charge is 0.495 e. The van der Waals surface area contributed by atoms with Crippen LogP contribution in [0.25, 0.3) is 0 Å². The number of nitrogens with one attached hydrogen (secondary N) is 2. The first-order valence-corrected chi connectivity index (χ1v) is 9.67. The smallest absolute Gasteiger partial charge is 0.226 e. The lowest BCUT2D eigenvalue weighted by Crippen LogP contribution is -2.34. The number of benzene rings is 2. The fourth-order valence-electron chi connectivity index (χ4n) is 2.56. The molecule has 2 aromatic carbocycles. The average Bonchev–Trinajstić information content (AvgIpc) is 2.65. The summed E-state index contributed by atoms with van der Waals surface area (Å²) in [6, 6.07) is 15.4. The molecule has 0 saturated carbocycles. The molecular weight excluding hydrogens is 372 g/mol. The van der Waals surface area contributed by atoms with Crippen molar-refractivity contribution < 1.29 is 14.3 Å². The van der Waals surface area contributed by atoms with Crippen molar-refractivity contribution >= 4 is 28.9 Å². The zero-order valence-corrected chi connectivity index (χ0v) is 17.7. The predicted molar refractivity (Wildman–Crippen MR) is 117 cm³/mol. The number of thiocarbonyl (C=S) groups is 1. The number of carbonyl (C=O) groups is 1. The highest BCUT2D eigenvalue weighted by Gasteiger charge is 2.13. The molecule has 6 heteroatoms. The molecule has 2 N–H and O–H groups in total. The van der Waals surface area contributed by atoms with E-state index in [9.17, 15) is 4.79 Å². The van der Waals surface area contributed by atoms with Gasteiger partial charge in [0.15, 0.2) is 5.11 Å². The van der Waals surface area contributed by atoms with Gasteiger partial charge in [-0.25, -0.2) is 0 Å². The van der Waals surface area contributed by atoms with E-state index in [1.165, 1.54) is 5.56 Å². The van der Waals surface area contributed by atoms with Crippen LogP contribution >= 0.6 is 12.2 Å². The van der Waals surface area contributed by atoms with Crippen LogP contribution in [0.3, 0.4) is 0 Å². The van der Waals surface area contributed by atoms with E-state index in [0.29, 0.717) is 30.9 Å². The molecule has 0 aliphatic heterocycles. The first-order chi connectivity index (χ1) is 13.3. The van der Waals surface area contributed by atoms with Crippen molar-refractivity contribution in [3.63, 3.8) is 0 Å². The molecule has 0 heterocycles. The van der Waals surface area contributed by atoms with E-state index >= 15 is 0 Å². The Morgan fingerprint density at radius 3 is 2.39 bits per heavy atom. The van der Waals surface area contributed by atoms with Crippen molar-refractivity contribution in [2.45, 2.75) is 39.0 Å². The van der Waals surface area contributed by atoms with Gasteiger partial charge in [0.1, 0.15) is 11.5 Å². The maximum atomic E-state index is 12.0. The Morgan fingerprint density at radius 2 is 1.75 bits per heavy atom. The summed E-state index contributed by atoms with van der Waals surface area (Å²) in [5.74, 6) is 1.31. The molecule has 2 aromatic rings. The van der Waals surface area contributed by atoms with Gasteiger partial charge in [-0.3, -0.25) is 4.79 Å². The fraction of sp³-hybridized carbons (Fsp3) is 0.364. The second-order valence-electron chi connectivity index (χ2n) is 7.43. The summed E-state index contributed by atoms with van der Waals surface area (Å²) in [5.41, 5.74) is 2.08. The van der Waals surface area contributed by atoms with Crippen LogP contribution < -0.4 is 20.1 Å². The third-order valence-corrected chi connectivity index (χ3v) is 4.35. The number of ether oxygens (including phenoxy) is 2. The average molecular weight is 401 g/mol. The van der Waals surface area contributed by atoms with Crippen LogP contribution in [0.2, 0.25) is 0 Å². The molecule has 2 rings (SSSR count). The number of anilines is 1. The standard InChI is InChI=1S/C22H28N2O3S/c1-22(2,3)16-11-13-17(14-12-16)27-15-7-10-20(25)24-21(28)23-18-8-5-6-9-19(18)26-4/h5-6,8-9,11-14H,7,10,15H2,1-4H3,(H2,23,24,25,28). The van der Waals surface area contributed by atoms with Gasteiger partial charge in [-0.05, 0) is 53.9 Å². The Hall–Kier alpha value is -2.60. The molecule has 0 aliphatic rings. The predicted octanol–water partition coefficient (Wildman–Crippen LogP) is 4.66. The second-order valence-corrected chi connectivity index (χ2v) is 7.84. The summed E-state index contributed by atoms with van der Waals surface area (Å²) >= 11 is 5.19. The maximum absolute atomic E-state index is 12.0. The molecule has 0 spiro atoms. The highest BCUT2D eigenvalue weighted by molar-refractivity contribution is 7.80. The topological polar surface area (TPSA) is 59.6 Å². The summed E-state index contributed by atoms with van der Waals surface area (Å²) in [5, 5.41) is 5.89. The molecule has 0 aliphatic carbocycles. The lowest BCUT2D eigenvalue weighted by atomic mass is 9.87. The van der Waals surface area contributed by atoms with Crippen LogP contribution in [0, 0.1) is 0 Å². The van der Waals surface area contributed by atoms with Gasteiger partial charge in [0.05, 0.1) is 19.4 Å². The van der Waals surface area contributed by atoms with E-state index in [4.69, 9.17) is 21.7 Å². The highest BCUT2D eigenvalue weighted by atomic mass is 32.1. The Bertz CT molecular complexity index is 798. The molecule has 0 bridgehead atoms. The van der Waals surface area contributed by atoms with E-state index in [0.717, 1.165) is 5.75 Å². The number of para-hydroxylation sites is 2. The third kappa shape index (κ3) is 6.85. The normalized spacial score (nSPS) is 10.9. The Labute approximate surface area is 172 Å². The molecule has 0 saturated heterocycles. The molecule has 0 radical (unpaired) electrons. The summed E-state index contributed by atoms with van der Waals surface area (Å²) in [7, 11) is 1.58. The number of rotatable bonds is 7. The minimum absolute atomic E-state index is 0.118. The summed E-state index contributed by atoms with van der Waals surface area (Å²) < 4.78 is 11.0. The van der Waals surface area contributed by atoms with Crippen molar-refractivity contribution in [2.24, 2.45) is 0 Å². The molecule has 1 amide bonds. The van der Waals surface area contributed by atoms with Crippen LogP contribution in [0.15, 0.2) is 48.5 Å². The van der Waals surface area contributed by atoms with Crippen LogP contribution in [-0.2, 0) is 10.2 Å². The molecule has 150 valence electrons. The first kappa shape index (κ1) is 21.7. The van der Waals surface area contributed by atoms with Crippen molar-refractivity contribution in [1.82, 2.24) is 5.32 Å². The molecule has 0 fully saturated rings. The van der Waals surface area contributed by atoms with Gasteiger partial charge in [0.2, 0.25) is 5.91 Å². The van der Waals surface area contributed by atoms with E-state index < -0.39 is 0 Å². The monoisotopic (exact) mass is 400 g/mol. The van der Waals surface area contributed by atoms with Crippen molar-refractivity contribution in [1.29, 1.82) is 0 Å². The number of carbonyl (C=O) groups excluding carboxylic acids is 1. The molecule has 0 unspecified atom stereocenters. The summed E-state index contributed by atoms with van der Waals surface area (Å²) in [6.07, 6.45) is 0.929. The van der Waals surface area contributed by atoms with Crippen LogP contribution in [-0.4, -0.2) is 24.7 Å². The number of hydrogen-bond donors (Lipinski definition) is 2. The van der Waals surface area contributed by atoms with Crippen LogP contribution in [0.4, 0.5) is 5.69 Å². The van der Waals surface area contributed by atoms with Crippen LogP contribution in [0.1, 0.15) is 39.2 Å². The molecule has 0 atom stereocenters. The van der Waals surface area contributed by atoms with Crippen molar-refractivity contribution in [2.75, 3.05) is 19.0 Å². The minimum atomic E-state index is -0.154. The quantitative estimate of drug-likeness (QED) is 0.523. The zero-order valence-electron chi connectivity index (χ0n) is 16.9. The number of amides is 1. The van der Waals surface area contributed by atoms with Gasteiger partial charge in [0.25, 0.3) is 0 Å². The van der Waals surface area contributed by atoms with Gasteiger partial charge in [-0.15, -0.1) is 0 Å². The summed E-state index contributed by atoms with van der Waals surface area (Å²) in [4.78, 5) is 12.0. The number of hydrogen-bond acceptors (Lipinski definition) is 4. The van der Waals surface area contributed by atoms with Gasteiger partial charge in [-0.2, -0.15) is 0 Å². The fourth-order valence-corrected chi connectivity index (χ4v) is 2.79. The van der Waals surface area contributed by atoms with Gasteiger partial charge >= 0.3 is 0 Å². The zero-order chi connectivity index (χ0) is 20.6. The summed E-state index contributed by atoms with van der Waals surface area (Å²) in [6.45, 7) is 6.99. The maximum Gasteiger partial charge on any atom is 0.226 e. The van der Waals surface area contributed by atoms with Gasteiger partial charge in [0, 0.05) is 6.42 Å². The van der Waals surface area contributed by atoms with Crippen LogP contribution in [0.5, 0.6) is 11.5 Å². The molecule has 28 heavy (non-hydrogen) atoms. The van der Waals surface area contributed by atoms with E-state index in [2.05, 4.69) is 43.5 Å². The number of methoxy groups -OCH3 is 1. The van der Waals surface area contributed by atoms with Gasteiger partial charge < -0.3 is 20.1 Å². The van der Waals surface area contributed by atoms with Crippen molar-refractivity contribution in [3.8, 4) is 11.5 Å². The lowest BCUT2D eigenvalue weighted by Gasteiger charge is -2.19. The van der Waals surface area contributed by atoms with E-state index in [-0.39, 0.29) is 16.4 Å². The van der Waals surface area contributed by atoms with E-state index in [1.807, 2.05) is 36.4 Å². The third-order valence-electron chi connectivity index (χ3n) is 4.15. The molecular formula is C22H28N2O3S. The lowest BCUT2D eigenvalue weighted by molar-refractivity contribution is -0.119. The van der Waals surface area contributed by atoms with E-state index in [1.54, 1.807) is 7.11 Å². The first-order valence-electron chi connectivity index (χ1n) is 9.27. The minimum Gasteiger partial charge on any atom is -0.495 e. The Kier molecular flexibility index (Phi) is 7.81. The Morgan fingerprint density at radius 1 is 1.07 bits per heavy atom. The second kappa shape index (κ2) is 10.1. The van der Waals surface area contributed by atoms with Gasteiger partial charge in [-0.1, -0.05) is 45.0 Å².